The van der Waals surface area contributed by atoms with E-state index < -0.39 is 0 Å². The molecule has 29 heavy (non-hydrogen) atoms. The largest absolute Gasteiger partial charge is 0.355 e. The number of halogens is 1. The molecule has 148 valence electrons. The van der Waals surface area contributed by atoms with E-state index in [0.717, 1.165) is 53.2 Å². The lowest BCUT2D eigenvalue weighted by molar-refractivity contribution is -0.120. The van der Waals surface area contributed by atoms with Gasteiger partial charge >= 0.3 is 0 Å². The molecule has 4 rings (SSSR count). The van der Waals surface area contributed by atoms with Crippen LogP contribution in [0.15, 0.2) is 65.1 Å². The standard InChI is InChI=1S/C23H23BrN4O/c1-16-3-2-4-18(15-16)21-9-10-22(27-26-21)28-13-11-17(12-14-28)23(29)25-20-7-5-19(24)6-8-20/h2-10,15,17H,11-14H2,1H3,(H,25,29). The summed E-state index contributed by atoms with van der Waals surface area (Å²) < 4.78 is 0.998. The van der Waals surface area contributed by atoms with E-state index >= 15 is 0 Å². The Morgan fingerprint density at radius 1 is 1.03 bits per heavy atom. The van der Waals surface area contributed by atoms with E-state index in [-0.39, 0.29) is 11.8 Å². The first-order valence-electron chi connectivity index (χ1n) is 9.80. The number of carbonyl (C=O) groups is 1. The topological polar surface area (TPSA) is 58.1 Å². The minimum Gasteiger partial charge on any atom is -0.355 e. The van der Waals surface area contributed by atoms with Gasteiger partial charge in [-0.25, -0.2) is 0 Å². The number of hydrogen-bond donors (Lipinski definition) is 1. The van der Waals surface area contributed by atoms with Gasteiger partial charge in [0.25, 0.3) is 0 Å². The Balaban J connectivity index is 1.34. The molecule has 0 aliphatic carbocycles. The Kier molecular flexibility index (Phi) is 5.90. The van der Waals surface area contributed by atoms with Crippen LogP contribution in [0.2, 0.25) is 0 Å². The zero-order valence-corrected chi connectivity index (χ0v) is 17.9. The molecule has 6 heteroatoms. The second-order valence-corrected chi connectivity index (χ2v) is 8.32. The van der Waals surface area contributed by atoms with Gasteiger partial charge in [-0.3, -0.25) is 4.79 Å². The van der Waals surface area contributed by atoms with Crippen LogP contribution >= 0.6 is 15.9 Å². The Labute approximate surface area is 179 Å². The molecular formula is C23H23BrN4O. The van der Waals surface area contributed by atoms with Crippen LogP contribution in [0.5, 0.6) is 0 Å². The summed E-state index contributed by atoms with van der Waals surface area (Å²) in [4.78, 5) is 14.8. The maximum Gasteiger partial charge on any atom is 0.227 e. The lowest BCUT2D eigenvalue weighted by Gasteiger charge is -2.31. The number of amides is 1. The van der Waals surface area contributed by atoms with Gasteiger partial charge in [0.15, 0.2) is 5.82 Å². The molecule has 2 aromatic carbocycles. The molecule has 0 atom stereocenters. The molecule has 1 saturated heterocycles. The summed E-state index contributed by atoms with van der Waals surface area (Å²) in [5.74, 6) is 0.982. The number of nitrogens with one attached hydrogen (secondary N) is 1. The van der Waals surface area contributed by atoms with Crippen molar-refractivity contribution in [2.24, 2.45) is 5.92 Å². The molecule has 0 bridgehead atoms. The van der Waals surface area contributed by atoms with Crippen LogP contribution in [0, 0.1) is 12.8 Å². The number of carbonyl (C=O) groups excluding carboxylic acids is 1. The average molecular weight is 451 g/mol. The lowest BCUT2D eigenvalue weighted by atomic mass is 9.96. The molecule has 0 unspecified atom stereocenters. The highest BCUT2D eigenvalue weighted by atomic mass is 79.9. The lowest BCUT2D eigenvalue weighted by Crippen LogP contribution is -2.38. The highest BCUT2D eigenvalue weighted by molar-refractivity contribution is 9.10. The predicted octanol–water partition coefficient (Wildman–Crippen LogP) is 5.07. The van der Waals surface area contributed by atoms with Gasteiger partial charge in [0.2, 0.25) is 5.91 Å². The van der Waals surface area contributed by atoms with Gasteiger partial charge in [-0.05, 0) is 62.2 Å². The first-order valence-corrected chi connectivity index (χ1v) is 10.6. The summed E-state index contributed by atoms with van der Waals surface area (Å²) in [6.07, 6.45) is 1.62. The second-order valence-electron chi connectivity index (χ2n) is 7.40. The van der Waals surface area contributed by atoms with Crippen LogP contribution in [-0.2, 0) is 4.79 Å². The van der Waals surface area contributed by atoms with Gasteiger partial charge in [-0.2, -0.15) is 0 Å². The van der Waals surface area contributed by atoms with E-state index in [1.807, 2.05) is 48.5 Å². The molecular weight excluding hydrogens is 428 g/mol. The van der Waals surface area contributed by atoms with Crippen molar-refractivity contribution in [3.8, 4) is 11.3 Å². The molecule has 1 aliphatic heterocycles. The quantitative estimate of drug-likeness (QED) is 0.602. The molecule has 1 amide bonds. The Hall–Kier alpha value is -2.73. The SMILES string of the molecule is Cc1cccc(-c2ccc(N3CCC(C(=O)Nc4ccc(Br)cc4)CC3)nn2)c1. The summed E-state index contributed by atoms with van der Waals surface area (Å²) in [5, 5.41) is 11.9. The van der Waals surface area contributed by atoms with Gasteiger partial charge < -0.3 is 10.2 Å². The van der Waals surface area contributed by atoms with Crippen LogP contribution in [0.4, 0.5) is 11.5 Å². The van der Waals surface area contributed by atoms with Gasteiger partial charge in [0, 0.05) is 34.7 Å². The monoisotopic (exact) mass is 450 g/mol. The van der Waals surface area contributed by atoms with Crippen molar-refractivity contribution >= 4 is 33.3 Å². The van der Waals surface area contributed by atoms with E-state index in [0.29, 0.717) is 0 Å². The van der Waals surface area contributed by atoms with Crippen LogP contribution < -0.4 is 10.2 Å². The fourth-order valence-corrected chi connectivity index (χ4v) is 3.86. The Morgan fingerprint density at radius 3 is 2.45 bits per heavy atom. The van der Waals surface area contributed by atoms with E-state index in [4.69, 9.17) is 0 Å². The summed E-state index contributed by atoms with van der Waals surface area (Å²) in [5.41, 5.74) is 3.99. The minimum absolute atomic E-state index is 0.0226. The summed E-state index contributed by atoms with van der Waals surface area (Å²) >= 11 is 3.41. The number of nitrogens with zero attached hydrogens (tertiary/aromatic N) is 3. The third-order valence-corrected chi connectivity index (χ3v) is 5.79. The van der Waals surface area contributed by atoms with Crippen molar-refractivity contribution in [1.82, 2.24) is 10.2 Å². The second kappa shape index (κ2) is 8.74. The zero-order chi connectivity index (χ0) is 20.2. The molecule has 1 aliphatic rings. The third kappa shape index (κ3) is 4.82. The number of aryl methyl sites for hydroxylation is 1. The molecule has 1 N–H and O–H groups in total. The van der Waals surface area contributed by atoms with E-state index in [2.05, 4.69) is 55.4 Å². The number of hydrogen-bond acceptors (Lipinski definition) is 4. The van der Waals surface area contributed by atoms with Gasteiger partial charge in [-0.1, -0.05) is 39.7 Å². The number of aromatic nitrogens is 2. The fourth-order valence-electron chi connectivity index (χ4n) is 3.60. The normalized spacial score (nSPS) is 14.6. The molecule has 2 heterocycles. The molecule has 0 saturated carbocycles. The molecule has 1 fully saturated rings. The van der Waals surface area contributed by atoms with Gasteiger partial charge in [0.1, 0.15) is 0 Å². The average Bonchev–Trinajstić information content (AvgIpc) is 2.75. The Bertz CT molecular complexity index is 981. The first kappa shape index (κ1) is 19.6. The van der Waals surface area contributed by atoms with Crippen molar-refractivity contribution in [3.63, 3.8) is 0 Å². The third-order valence-electron chi connectivity index (χ3n) is 5.27. The van der Waals surface area contributed by atoms with Crippen molar-refractivity contribution in [3.05, 3.63) is 70.7 Å². The highest BCUT2D eigenvalue weighted by Crippen LogP contribution is 2.25. The number of benzene rings is 2. The van der Waals surface area contributed by atoms with Crippen LogP contribution in [0.1, 0.15) is 18.4 Å². The predicted molar refractivity (Wildman–Crippen MR) is 120 cm³/mol. The van der Waals surface area contributed by atoms with Crippen molar-refractivity contribution in [2.75, 3.05) is 23.3 Å². The number of rotatable bonds is 4. The molecule has 1 aromatic heterocycles. The minimum atomic E-state index is 0.0226. The molecule has 5 nitrogen and oxygen atoms in total. The van der Waals surface area contributed by atoms with E-state index in [1.54, 1.807) is 0 Å². The smallest absolute Gasteiger partial charge is 0.227 e. The van der Waals surface area contributed by atoms with E-state index in [9.17, 15) is 4.79 Å². The molecule has 0 spiro atoms. The van der Waals surface area contributed by atoms with Gasteiger partial charge in [0.05, 0.1) is 5.69 Å². The number of piperidine rings is 1. The first-order chi connectivity index (χ1) is 14.1. The van der Waals surface area contributed by atoms with Crippen molar-refractivity contribution in [2.45, 2.75) is 19.8 Å². The highest BCUT2D eigenvalue weighted by Gasteiger charge is 2.26. The summed E-state index contributed by atoms with van der Waals surface area (Å²) in [7, 11) is 0. The summed E-state index contributed by atoms with van der Waals surface area (Å²) in [6, 6.07) is 20.0. The molecule has 3 aromatic rings. The Morgan fingerprint density at radius 2 is 1.79 bits per heavy atom. The van der Waals surface area contributed by atoms with Crippen LogP contribution in [-0.4, -0.2) is 29.2 Å². The van der Waals surface area contributed by atoms with E-state index in [1.165, 1.54) is 5.56 Å². The fraction of sp³-hybridized carbons (Fsp3) is 0.261. The summed E-state index contributed by atoms with van der Waals surface area (Å²) in [6.45, 7) is 3.68. The van der Waals surface area contributed by atoms with Gasteiger partial charge in [-0.15, -0.1) is 10.2 Å². The van der Waals surface area contributed by atoms with Crippen LogP contribution in [0.25, 0.3) is 11.3 Å². The maximum absolute atomic E-state index is 12.6. The number of anilines is 2. The van der Waals surface area contributed by atoms with Crippen molar-refractivity contribution < 1.29 is 4.79 Å². The van der Waals surface area contributed by atoms with Crippen LogP contribution in [0.3, 0.4) is 0 Å². The zero-order valence-electron chi connectivity index (χ0n) is 16.3. The van der Waals surface area contributed by atoms with Crippen molar-refractivity contribution in [1.29, 1.82) is 0 Å². The maximum atomic E-state index is 12.6. The molecule has 0 radical (unpaired) electrons.